The molecule has 1 saturated heterocycles. The number of aliphatic hydroxyl groups is 1. The van der Waals surface area contributed by atoms with Crippen molar-refractivity contribution in [3.8, 4) is 0 Å². The second-order valence-electron chi connectivity index (χ2n) is 4.89. The normalized spacial score (nSPS) is 29.8. The van der Waals surface area contributed by atoms with E-state index in [4.69, 9.17) is 14.6 Å². The molecule has 0 aromatic carbocycles. The summed E-state index contributed by atoms with van der Waals surface area (Å²) in [6.45, 7) is 4.81. The van der Waals surface area contributed by atoms with Gasteiger partial charge < -0.3 is 14.6 Å². The molecule has 1 rings (SSSR count). The molecule has 0 aromatic heterocycles. The Morgan fingerprint density at radius 2 is 1.88 bits per heavy atom. The van der Waals surface area contributed by atoms with Gasteiger partial charge in [-0.15, -0.1) is 0 Å². The molecule has 0 saturated carbocycles. The molecule has 0 radical (unpaired) electrons. The zero-order valence-electron chi connectivity index (χ0n) is 10.7. The van der Waals surface area contributed by atoms with Crippen LogP contribution in [0.3, 0.4) is 0 Å². The molecule has 1 aliphatic heterocycles. The fourth-order valence-electron chi connectivity index (χ4n) is 2.14. The molecule has 1 fully saturated rings. The Morgan fingerprint density at radius 1 is 1.19 bits per heavy atom. The van der Waals surface area contributed by atoms with E-state index in [2.05, 4.69) is 6.92 Å². The lowest BCUT2D eigenvalue weighted by molar-refractivity contribution is -0.162. The first kappa shape index (κ1) is 13.9. The average Bonchev–Trinajstić information content (AvgIpc) is 2.66. The summed E-state index contributed by atoms with van der Waals surface area (Å²) in [5.74, 6) is -0.446. The van der Waals surface area contributed by atoms with Crippen molar-refractivity contribution in [2.24, 2.45) is 0 Å². The minimum Gasteiger partial charge on any atom is -0.394 e. The topological polar surface area (TPSA) is 38.7 Å². The van der Waals surface area contributed by atoms with Gasteiger partial charge in [-0.3, -0.25) is 0 Å². The van der Waals surface area contributed by atoms with E-state index in [9.17, 15) is 0 Å². The zero-order chi connectivity index (χ0) is 11.9. The van der Waals surface area contributed by atoms with Gasteiger partial charge in [-0.2, -0.15) is 0 Å². The highest BCUT2D eigenvalue weighted by atomic mass is 16.7. The van der Waals surface area contributed by atoms with E-state index in [0.717, 1.165) is 12.8 Å². The van der Waals surface area contributed by atoms with Crippen LogP contribution in [-0.2, 0) is 9.47 Å². The van der Waals surface area contributed by atoms with Gasteiger partial charge in [0.05, 0.1) is 13.2 Å². The van der Waals surface area contributed by atoms with Crippen LogP contribution in [0.5, 0.6) is 0 Å². The zero-order valence-corrected chi connectivity index (χ0v) is 10.7. The summed E-state index contributed by atoms with van der Waals surface area (Å²) in [7, 11) is 0. The fourth-order valence-corrected chi connectivity index (χ4v) is 2.14. The molecule has 1 N–H and O–H groups in total. The van der Waals surface area contributed by atoms with E-state index in [1.54, 1.807) is 0 Å². The van der Waals surface area contributed by atoms with Crippen LogP contribution < -0.4 is 0 Å². The Bertz CT molecular complexity index is 184. The molecule has 0 spiro atoms. The Balaban J connectivity index is 2.04. The van der Waals surface area contributed by atoms with Crippen molar-refractivity contribution >= 4 is 0 Å². The van der Waals surface area contributed by atoms with Crippen molar-refractivity contribution in [3.63, 3.8) is 0 Å². The van der Waals surface area contributed by atoms with Gasteiger partial charge in [0.1, 0.15) is 6.10 Å². The highest BCUT2D eigenvalue weighted by Crippen LogP contribution is 2.28. The first-order valence-corrected chi connectivity index (χ1v) is 6.63. The van der Waals surface area contributed by atoms with E-state index < -0.39 is 5.79 Å². The quantitative estimate of drug-likeness (QED) is 0.652. The van der Waals surface area contributed by atoms with Crippen LogP contribution in [0.1, 0.15) is 58.8 Å². The van der Waals surface area contributed by atoms with Crippen LogP contribution >= 0.6 is 0 Å². The Labute approximate surface area is 99.1 Å². The predicted octanol–water partition coefficient (Wildman–Crippen LogP) is 2.86. The van der Waals surface area contributed by atoms with Crippen LogP contribution in [0, 0.1) is 0 Å². The maximum Gasteiger partial charge on any atom is 0.166 e. The van der Waals surface area contributed by atoms with Gasteiger partial charge >= 0.3 is 0 Å². The highest BCUT2D eigenvalue weighted by molar-refractivity contribution is 4.74. The molecule has 3 nitrogen and oxygen atoms in total. The van der Waals surface area contributed by atoms with Gasteiger partial charge in [0, 0.05) is 6.42 Å². The number of hydrogen-bond donors (Lipinski definition) is 1. The highest BCUT2D eigenvalue weighted by Gasteiger charge is 2.35. The molecule has 1 aliphatic rings. The van der Waals surface area contributed by atoms with Crippen LogP contribution in [0.15, 0.2) is 0 Å². The number of aliphatic hydroxyl groups excluding tert-OH is 1. The molecular weight excluding hydrogens is 204 g/mol. The molecule has 0 bridgehead atoms. The van der Waals surface area contributed by atoms with Crippen LogP contribution in [0.4, 0.5) is 0 Å². The van der Waals surface area contributed by atoms with Gasteiger partial charge in [0.2, 0.25) is 0 Å². The molecule has 16 heavy (non-hydrogen) atoms. The predicted molar refractivity (Wildman–Crippen MR) is 64.3 cm³/mol. The third kappa shape index (κ3) is 4.81. The van der Waals surface area contributed by atoms with Crippen LogP contribution in [0.25, 0.3) is 0 Å². The van der Waals surface area contributed by atoms with Gasteiger partial charge in [-0.1, -0.05) is 39.0 Å². The second-order valence-corrected chi connectivity index (χ2v) is 4.89. The molecular formula is C13H26O3. The van der Waals surface area contributed by atoms with Crippen molar-refractivity contribution in [1.82, 2.24) is 0 Å². The summed E-state index contributed by atoms with van der Waals surface area (Å²) in [4.78, 5) is 0. The summed E-state index contributed by atoms with van der Waals surface area (Å²) in [5.41, 5.74) is 0. The minimum absolute atomic E-state index is 0.0616. The molecule has 0 aliphatic carbocycles. The van der Waals surface area contributed by atoms with Crippen LogP contribution in [0.2, 0.25) is 0 Å². The average molecular weight is 230 g/mol. The maximum absolute atomic E-state index is 8.96. The van der Waals surface area contributed by atoms with E-state index >= 15 is 0 Å². The Morgan fingerprint density at radius 3 is 2.50 bits per heavy atom. The molecule has 2 atom stereocenters. The van der Waals surface area contributed by atoms with Gasteiger partial charge in [-0.05, 0) is 13.3 Å². The first-order chi connectivity index (χ1) is 7.70. The summed E-state index contributed by atoms with van der Waals surface area (Å²) < 4.78 is 11.2. The van der Waals surface area contributed by atoms with Crippen molar-refractivity contribution in [2.75, 3.05) is 13.2 Å². The maximum atomic E-state index is 8.96. The van der Waals surface area contributed by atoms with Crippen molar-refractivity contribution < 1.29 is 14.6 Å². The number of hydrogen-bond acceptors (Lipinski definition) is 3. The molecule has 3 heteroatoms. The lowest BCUT2D eigenvalue weighted by atomic mass is 10.1. The van der Waals surface area contributed by atoms with E-state index in [0.29, 0.717) is 6.61 Å². The van der Waals surface area contributed by atoms with Gasteiger partial charge in [0.25, 0.3) is 0 Å². The second kappa shape index (κ2) is 7.25. The lowest BCUT2D eigenvalue weighted by Gasteiger charge is -2.22. The lowest BCUT2D eigenvalue weighted by Crippen LogP contribution is -2.27. The smallest absolute Gasteiger partial charge is 0.166 e. The monoisotopic (exact) mass is 230 g/mol. The van der Waals surface area contributed by atoms with Crippen LogP contribution in [-0.4, -0.2) is 30.2 Å². The third-order valence-corrected chi connectivity index (χ3v) is 3.18. The molecule has 2 unspecified atom stereocenters. The largest absolute Gasteiger partial charge is 0.394 e. The summed E-state index contributed by atoms with van der Waals surface area (Å²) in [5, 5.41) is 8.96. The standard InChI is InChI=1S/C13H26O3/c1-3-4-5-6-7-8-9-13(2)15-11-12(10-14)16-13/h12,14H,3-11H2,1-2H3. The Kier molecular flexibility index (Phi) is 6.32. The SMILES string of the molecule is CCCCCCCCC1(C)OCC(CO)O1. The number of ether oxygens (including phenoxy) is 2. The van der Waals surface area contributed by atoms with Gasteiger partial charge in [0.15, 0.2) is 5.79 Å². The van der Waals surface area contributed by atoms with Gasteiger partial charge in [-0.25, -0.2) is 0 Å². The van der Waals surface area contributed by atoms with Crippen molar-refractivity contribution in [2.45, 2.75) is 70.7 Å². The fraction of sp³-hybridized carbons (Fsp3) is 1.00. The van der Waals surface area contributed by atoms with Crippen molar-refractivity contribution in [1.29, 1.82) is 0 Å². The number of rotatable bonds is 8. The van der Waals surface area contributed by atoms with E-state index in [-0.39, 0.29) is 12.7 Å². The summed E-state index contributed by atoms with van der Waals surface area (Å²) in [6.07, 6.45) is 8.52. The summed E-state index contributed by atoms with van der Waals surface area (Å²) >= 11 is 0. The molecule has 96 valence electrons. The van der Waals surface area contributed by atoms with E-state index in [1.807, 2.05) is 6.92 Å². The minimum atomic E-state index is -0.446. The first-order valence-electron chi connectivity index (χ1n) is 6.63. The third-order valence-electron chi connectivity index (χ3n) is 3.18. The van der Waals surface area contributed by atoms with Crippen molar-refractivity contribution in [3.05, 3.63) is 0 Å². The number of unbranched alkanes of at least 4 members (excludes halogenated alkanes) is 5. The van der Waals surface area contributed by atoms with E-state index in [1.165, 1.54) is 32.1 Å². The summed E-state index contributed by atoms with van der Waals surface area (Å²) in [6, 6.07) is 0. The molecule has 1 heterocycles. The molecule has 0 amide bonds. The molecule has 0 aromatic rings. The Hall–Kier alpha value is -0.120.